The summed E-state index contributed by atoms with van der Waals surface area (Å²) < 4.78 is 45.5. The number of carbonyl (C=O) groups excluding carboxylic acids is 1. The summed E-state index contributed by atoms with van der Waals surface area (Å²) in [5.74, 6) is -1.49. The summed E-state index contributed by atoms with van der Waals surface area (Å²) in [6.45, 7) is 9.21. The molecule has 4 aliphatic carbocycles. The van der Waals surface area contributed by atoms with Gasteiger partial charge in [-0.1, -0.05) is 45.1 Å². The van der Waals surface area contributed by atoms with Crippen LogP contribution in [-0.4, -0.2) is 53.4 Å². The highest BCUT2D eigenvalue weighted by Crippen LogP contribution is 2.72. The lowest BCUT2D eigenvalue weighted by Crippen LogP contribution is -2.71. The molecule has 0 bridgehead atoms. The van der Waals surface area contributed by atoms with Gasteiger partial charge in [0.1, 0.15) is 6.17 Å². The van der Waals surface area contributed by atoms with Crippen LogP contribution in [0.1, 0.15) is 52.9 Å². The van der Waals surface area contributed by atoms with Gasteiger partial charge in [-0.2, -0.15) is 0 Å². The van der Waals surface area contributed by atoms with Crippen molar-refractivity contribution in [3.63, 3.8) is 0 Å². The number of ketones is 1. The molecule has 0 radical (unpaired) electrons. The molecule has 5 nitrogen and oxygen atoms in total. The second-order valence-corrected chi connectivity index (χ2v) is 11.1. The van der Waals surface area contributed by atoms with Crippen molar-refractivity contribution in [2.75, 3.05) is 6.54 Å². The summed E-state index contributed by atoms with van der Waals surface area (Å²) in [5, 5.41) is 11.5. The Morgan fingerprint density at radius 1 is 1.33 bits per heavy atom. The maximum absolute atomic E-state index is 17.3. The summed E-state index contributed by atoms with van der Waals surface area (Å²) in [6, 6.07) is 0. The van der Waals surface area contributed by atoms with Gasteiger partial charge >= 0.3 is 0 Å². The van der Waals surface area contributed by atoms with Gasteiger partial charge < -0.3 is 20.3 Å². The fourth-order valence-electron chi connectivity index (χ4n) is 8.11. The van der Waals surface area contributed by atoms with Gasteiger partial charge in [-0.25, -0.2) is 8.78 Å². The molecular weight excluding hydrogens is 428 g/mol. The molecule has 0 amide bonds. The van der Waals surface area contributed by atoms with Gasteiger partial charge in [0.2, 0.25) is 0 Å². The highest BCUT2D eigenvalue weighted by Gasteiger charge is 2.79. The largest absolute Gasteiger partial charge is 0.390 e. The molecule has 1 unspecified atom stereocenters. The Morgan fingerprint density at radius 3 is 2.73 bits per heavy atom. The SMILES string of the molecule is C=C1C=C[C@@]2(C)C(=C1)[C@@H](F)C[C@H]1[C@@H]3C[C@H]4OC(CCC)O[C@@]4(C(=O)CN)[C@@]3(C)C[C@H](O)[C@@]12F. The first-order valence-electron chi connectivity index (χ1n) is 12.2. The topological polar surface area (TPSA) is 81.8 Å². The Morgan fingerprint density at radius 2 is 2.06 bits per heavy atom. The summed E-state index contributed by atoms with van der Waals surface area (Å²) >= 11 is 0. The molecule has 4 fully saturated rings. The van der Waals surface area contributed by atoms with Crippen molar-refractivity contribution < 1.29 is 28.2 Å². The minimum atomic E-state index is -2.09. The molecule has 0 aromatic carbocycles. The van der Waals surface area contributed by atoms with E-state index in [0.29, 0.717) is 24.0 Å². The number of rotatable bonds is 4. The van der Waals surface area contributed by atoms with Crippen LogP contribution in [-0.2, 0) is 14.3 Å². The molecular formula is C26H35F2NO4. The van der Waals surface area contributed by atoms with Crippen LogP contribution in [0.2, 0.25) is 0 Å². The molecule has 5 rings (SSSR count). The van der Waals surface area contributed by atoms with E-state index in [1.165, 1.54) is 0 Å². The number of hydrogen-bond acceptors (Lipinski definition) is 5. The highest BCUT2D eigenvalue weighted by molar-refractivity contribution is 5.91. The molecule has 10 atom stereocenters. The Bertz CT molecular complexity index is 951. The molecule has 182 valence electrons. The lowest BCUT2D eigenvalue weighted by molar-refractivity contribution is -0.233. The van der Waals surface area contributed by atoms with Crippen molar-refractivity contribution in [2.24, 2.45) is 28.4 Å². The van der Waals surface area contributed by atoms with Gasteiger partial charge in [0.05, 0.1) is 18.8 Å². The normalized spacial score (nSPS) is 52.6. The van der Waals surface area contributed by atoms with Crippen LogP contribution in [0.15, 0.2) is 36.0 Å². The molecule has 0 spiro atoms. The van der Waals surface area contributed by atoms with E-state index in [1.807, 2.05) is 13.8 Å². The summed E-state index contributed by atoms with van der Waals surface area (Å²) in [6.07, 6.45) is 2.87. The molecule has 0 aromatic rings. The van der Waals surface area contributed by atoms with E-state index >= 15 is 8.78 Å². The van der Waals surface area contributed by atoms with E-state index < -0.39 is 58.6 Å². The number of alkyl halides is 2. The molecule has 1 heterocycles. The Kier molecular flexibility index (Phi) is 5.16. The first-order chi connectivity index (χ1) is 15.5. The predicted molar refractivity (Wildman–Crippen MR) is 120 cm³/mol. The molecule has 0 aromatic heterocycles. The van der Waals surface area contributed by atoms with Crippen molar-refractivity contribution in [3.8, 4) is 0 Å². The number of Topliss-reactive ketones (excluding diaryl/α,β-unsaturated/α-hetero) is 1. The van der Waals surface area contributed by atoms with Crippen LogP contribution < -0.4 is 5.73 Å². The number of halogens is 2. The fraction of sp³-hybridized carbons (Fsp3) is 0.731. The van der Waals surface area contributed by atoms with Gasteiger partial charge in [0, 0.05) is 16.7 Å². The van der Waals surface area contributed by atoms with Crippen LogP contribution in [0, 0.1) is 22.7 Å². The van der Waals surface area contributed by atoms with Crippen LogP contribution in [0.25, 0.3) is 0 Å². The standard InChI is InChI=1S/C26H35F2NO4/c1-5-6-22-32-21-11-15-16-10-18(27)17-9-14(2)7-8-23(17,3)25(16,28)19(30)12-24(15,4)26(21,33-22)20(31)13-29/h7-9,15-16,18-19,21-22,30H,2,5-6,10-13,29H2,1,3-4H3/t15-,16-,18-,19-,21+,22?,23-,24-,25-,26+/m0/s1. The van der Waals surface area contributed by atoms with E-state index in [1.54, 1.807) is 25.2 Å². The van der Waals surface area contributed by atoms with Crippen molar-refractivity contribution in [1.29, 1.82) is 0 Å². The first kappa shape index (κ1) is 23.3. The van der Waals surface area contributed by atoms with Crippen LogP contribution in [0.5, 0.6) is 0 Å². The maximum Gasteiger partial charge on any atom is 0.181 e. The van der Waals surface area contributed by atoms with Gasteiger partial charge in [-0.05, 0) is 49.7 Å². The Hall–Kier alpha value is -1.41. The van der Waals surface area contributed by atoms with Gasteiger partial charge in [-0.15, -0.1) is 0 Å². The summed E-state index contributed by atoms with van der Waals surface area (Å²) in [7, 11) is 0. The molecule has 3 N–H and O–H groups in total. The minimum absolute atomic E-state index is 0.0176. The quantitative estimate of drug-likeness (QED) is 0.664. The zero-order chi connectivity index (χ0) is 24.0. The number of carbonyl (C=O) groups is 1. The molecule has 33 heavy (non-hydrogen) atoms. The average molecular weight is 464 g/mol. The minimum Gasteiger partial charge on any atom is -0.390 e. The number of hydrogen-bond donors (Lipinski definition) is 2. The van der Waals surface area contributed by atoms with E-state index in [2.05, 4.69) is 6.58 Å². The second kappa shape index (κ2) is 7.30. The predicted octanol–water partition coefficient (Wildman–Crippen LogP) is 3.71. The summed E-state index contributed by atoms with van der Waals surface area (Å²) in [5.41, 5.74) is 1.12. The van der Waals surface area contributed by atoms with E-state index in [-0.39, 0.29) is 25.2 Å². The van der Waals surface area contributed by atoms with Gasteiger partial charge in [0.25, 0.3) is 0 Å². The smallest absolute Gasteiger partial charge is 0.181 e. The number of aliphatic hydroxyl groups excluding tert-OH is 1. The molecule has 7 heteroatoms. The van der Waals surface area contributed by atoms with Crippen LogP contribution in [0.4, 0.5) is 8.78 Å². The number of ether oxygens (including phenoxy) is 2. The van der Waals surface area contributed by atoms with E-state index in [0.717, 1.165) is 6.42 Å². The maximum atomic E-state index is 17.3. The fourth-order valence-corrected chi connectivity index (χ4v) is 8.11. The van der Waals surface area contributed by atoms with Crippen molar-refractivity contribution in [1.82, 2.24) is 0 Å². The second-order valence-electron chi connectivity index (χ2n) is 11.1. The average Bonchev–Trinajstić information content (AvgIpc) is 3.24. The lowest BCUT2D eigenvalue weighted by atomic mass is 9.44. The zero-order valence-electron chi connectivity index (χ0n) is 19.7. The number of nitrogens with two attached hydrogens (primary N) is 1. The Labute approximate surface area is 194 Å². The van der Waals surface area contributed by atoms with Crippen molar-refractivity contribution >= 4 is 5.78 Å². The van der Waals surface area contributed by atoms with Crippen molar-refractivity contribution in [3.05, 3.63) is 36.0 Å². The number of fused-ring (bicyclic) bond motifs is 7. The van der Waals surface area contributed by atoms with Crippen LogP contribution >= 0.6 is 0 Å². The van der Waals surface area contributed by atoms with Crippen LogP contribution in [0.3, 0.4) is 0 Å². The van der Waals surface area contributed by atoms with Crippen molar-refractivity contribution in [2.45, 2.75) is 88.8 Å². The third-order valence-corrected chi connectivity index (χ3v) is 9.64. The van der Waals surface area contributed by atoms with E-state index in [9.17, 15) is 9.90 Å². The van der Waals surface area contributed by atoms with E-state index in [4.69, 9.17) is 15.2 Å². The monoisotopic (exact) mass is 463 g/mol. The zero-order valence-corrected chi connectivity index (χ0v) is 19.7. The number of allylic oxidation sites excluding steroid dienone is 5. The third-order valence-electron chi connectivity index (χ3n) is 9.64. The first-order valence-corrected chi connectivity index (χ1v) is 12.2. The van der Waals surface area contributed by atoms with Gasteiger partial charge in [-0.3, -0.25) is 4.79 Å². The molecule has 3 saturated carbocycles. The molecule has 1 aliphatic heterocycles. The highest BCUT2D eigenvalue weighted by atomic mass is 19.1. The summed E-state index contributed by atoms with van der Waals surface area (Å²) in [4.78, 5) is 13.4. The number of aliphatic hydroxyl groups is 1. The molecule has 1 saturated heterocycles. The third kappa shape index (κ3) is 2.63. The lowest BCUT2D eigenvalue weighted by Gasteiger charge is -2.63. The van der Waals surface area contributed by atoms with Gasteiger partial charge in [0.15, 0.2) is 23.3 Å². The Balaban J connectivity index is 1.62. The molecule has 5 aliphatic rings.